The van der Waals surface area contributed by atoms with Gasteiger partial charge in [0.25, 0.3) is 0 Å². The molecule has 1 aromatic carbocycles. The van der Waals surface area contributed by atoms with E-state index in [1.54, 1.807) is 11.3 Å². The normalized spacial score (nSPS) is 11.2. The first-order valence-corrected chi connectivity index (χ1v) is 11.9. The summed E-state index contributed by atoms with van der Waals surface area (Å²) in [5, 5.41) is 14.9. The number of thioether (sulfide) groups is 1. The number of aryl methyl sites for hydroxylation is 2. The topological polar surface area (TPSA) is 59.8 Å². The Balaban J connectivity index is 1.78. The molecule has 0 fully saturated rings. The van der Waals surface area contributed by atoms with Gasteiger partial charge in [0.1, 0.15) is 0 Å². The van der Waals surface area contributed by atoms with Gasteiger partial charge in [-0.05, 0) is 50.8 Å². The third-order valence-electron chi connectivity index (χ3n) is 4.88. The van der Waals surface area contributed by atoms with E-state index in [0.29, 0.717) is 5.75 Å². The lowest BCUT2D eigenvalue weighted by Gasteiger charge is -2.14. The van der Waals surface area contributed by atoms with E-state index in [2.05, 4.69) is 60.1 Å². The maximum absolute atomic E-state index is 12.5. The molecule has 29 heavy (non-hydrogen) atoms. The average Bonchev–Trinajstić information content (AvgIpc) is 3.29. The van der Waals surface area contributed by atoms with Gasteiger partial charge in [-0.2, -0.15) is 0 Å². The fourth-order valence-electron chi connectivity index (χ4n) is 3.40. The Morgan fingerprint density at radius 3 is 2.66 bits per heavy atom. The van der Waals surface area contributed by atoms with Crippen LogP contribution in [0.25, 0.3) is 11.4 Å². The van der Waals surface area contributed by atoms with Crippen LogP contribution in [0.4, 0.5) is 5.69 Å². The number of para-hydroxylation sites is 1. The summed E-state index contributed by atoms with van der Waals surface area (Å²) in [5.74, 6) is 1.16. The molecular formula is C22H28N4OS2. The maximum Gasteiger partial charge on any atom is 0.234 e. The zero-order valence-corrected chi connectivity index (χ0v) is 19.3. The van der Waals surface area contributed by atoms with E-state index in [4.69, 9.17) is 0 Å². The monoisotopic (exact) mass is 428 g/mol. The zero-order chi connectivity index (χ0) is 21.0. The molecule has 154 valence electrons. The summed E-state index contributed by atoms with van der Waals surface area (Å²) in [4.78, 5) is 13.9. The van der Waals surface area contributed by atoms with Crippen molar-refractivity contribution in [2.24, 2.45) is 0 Å². The molecule has 2 aromatic heterocycles. The molecule has 0 atom stereocenters. The van der Waals surface area contributed by atoms with Gasteiger partial charge in [-0.3, -0.25) is 9.36 Å². The molecule has 2 heterocycles. The van der Waals surface area contributed by atoms with Crippen molar-refractivity contribution in [3.05, 3.63) is 45.6 Å². The number of hydrogen-bond acceptors (Lipinski definition) is 5. The summed E-state index contributed by atoms with van der Waals surface area (Å²) >= 11 is 3.18. The highest BCUT2D eigenvalue weighted by Crippen LogP contribution is 2.34. The van der Waals surface area contributed by atoms with Gasteiger partial charge in [0.2, 0.25) is 5.91 Å². The molecule has 5 nitrogen and oxygen atoms in total. The summed E-state index contributed by atoms with van der Waals surface area (Å²) in [6.07, 6.45) is 1.85. The van der Waals surface area contributed by atoms with Crippen molar-refractivity contribution in [2.45, 2.75) is 58.7 Å². The maximum atomic E-state index is 12.5. The van der Waals surface area contributed by atoms with Gasteiger partial charge in [0, 0.05) is 27.5 Å². The lowest BCUT2D eigenvalue weighted by Crippen LogP contribution is -2.16. The molecule has 3 aromatic rings. The summed E-state index contributed by atoms with van der Waals surface area (Å²) in [5.41, 5.74) is 4.51. The first kappa shape index (κ1) is 21.6. The van der Waals surface area contributed by atoms with Gasteiger partial charge < -0.3 is 5.32 Å². The summed E-state index contributed by atoms with van der Waals surface area (Å²) in [6.45, 7) is 10.7. The molecular weight excluding hydrogens is 400 g/mol. The number of rotatable bonds is 8. The molecule has 1 amide bonds. The molecule has 0 bridgehead atoms. The third-order valence-corrected chi connectivity index (χ3v) is 6.78. The van der Waals surface area contributed by atoms with Crippen molar-refractivity contribution in [1.82, 2.24) is 14.8 Å². The Hall–Kier alpha value is -2.12. The molecule has 3 rings (SSSR count). The number of hydrogen-bond donors (Lipinski definition) is 1. The number of anilines is 1. The molecule has 0 aliphatic heterocycles. The van der Waals surface area contributed by atoms with Crippen LogP contribution < -0.4 is 5.32 Å². The smallest absolute Gasteiger partial charge is 0.234 e. The molecule has 7 heteroatoms. The quantitative estimate of drug-likeness (QED) is 0.464. The lowest BCUT2D eigenvalue weighted by atomic mass is 10.1. The number of benzene rings is 1. The summed E-state index contributed by atoms with van der Waals surface area (Å²) in [7, 11) is 0. The number of nitrogens with zero attached hydrogens (tertiary/aromatic N) is 3. The first-order chi connectivity index (χ1) is 14.0. The largest absolute Gasteiger partial charge is 0.325 e. The summed E-state index contributed by atoms with van der Waals surface area (Å²) in [6, 6.07) is 8.13. The number of nitrogens with one attached hydrogen (secondary N) is 1. The standard InChI is InChI=1S/C22H28N4OS2/c1-6-16-10-8-9-11-19(16)23-20(27)13-29-22-25-24-21(26(22)14(3)4)18-12-28-15(5)17(18)7-2/h8-12,14H,6-7,13H2,1-5H3,(H,23,27). The molecule has 1 N–H and O–H groups in total. The van der Waals surface area contributed by atoms with Crippen molar-refractivity contribution in [3.8, 4) is 11.4 Å². The molecule has 0 saturated carbocycles. The number of thiophene rings is 1. The van der Waals surface area contributed by atoms with Crippen molar-refractivity contribution >= 4 is 34.7 Å². The minimum Gasteiger partial charge on any atom is -0.325 e. The van der Waals surface area contributed by atoms with Crippen molar-refractivity contribution < 1.29 is 4.79 Å². The molecule has 0 aliphatic carbocycles. The number of amides is 1. The van der Waals surface area contributed by atoms with E-state index in [1.807, 2.05) is 24.3 Å². The van der Waals surface area contributed by atoms with Crippen LogP contribution in [0.5, 0.6) is 0 Å². The van der Waals surface area contributed by atoms with Crippen LogP contribution >= 0.6 is 23.1 Å². The van der Waals surface area contributed by atoms with E-state index in [-0.39, 0.29) is 11.9 Å². The second-order valence-corrected chi connectivity index (χ2v) is 9.18. The van der Waals surface area contributed by atoms with Crippen LogP contribution in [0.1, 0.15) is 49.7 Å². The fraction of sp³-hybridized carbons (Fsp3) is 0.409. The number of carbonyl (C=O) groups is 1. The van der Waals surface area contributed by atoms with Gasteiger partial charge in [-0.1, -0.05) is 43.8 Å². The van der Waals surface area contributed by atoms with Gasteiger partial charge >= 0.3 is 0 Å². The van der Waals surface area contributed by atoms with E-state index in [0.717, 1.165) is 40.6 Å². The van der Waals surface area contributed by atoms with E-state index in [1.165, 1.54) is 22.2 Å². The number of carbonyl (C=O) groups excluding carboxylic acids is 1. The van der Waals surface area contributed by atoms with E-state index < -0.39 is 0 Å². The Kier molecular flexibility index (Phi) is 7.14. The highest BCUT2D eigenvalue weighted by molar-refractivity contribution is 7.99. The predicted octanol–water partition coefficient (Wildman–Crippen LogP) is 5.75. The lowest BCUT2D eigenvalue weighted by molar-refractivity contribution is -0.113. The van der Waals surface area contributed by atoms with Gasteiger partial charge in [0.15, 0.2) is 11.0 Å². The first-order valence-electron chi connectivity index (χ1n) is 9.98. The molecule has 0 saturated heterocycles. The number of aromatic nitrogens is 3. The van der Waals surface area contributed by atoms with Gasteiger partial charge in [0.05, 0.1) is 5.75 Å². The van der Waals surface area contributed by atoms with Crippen LogP contribution in [0.3, 0.4) is 0 Å². The molecule has 0 spiro atoms. The minimum atomic E-state index is -0.0311. The van der Waals surface area contributed by atoms with Crippen LogP contribution in [0.15, 0.2) is 34.8 Å². The second kappa shape index (κ2) is 9.59. The Labute approximate surface area is 180 Å². The predicted molar refractivity (Wildman–Crippen MR) is 123 cm³/mol. The van der Waals surface area contributed by atoms with Crippen molar-refractivity contribution in [1.29, 1.82) is 0 Å². The minimum absolute atomic E-state index is 0.0311. The Morgan fingerprint density at radius 2 is 1.97 bits per heavy atom. The van der Waals surface area contributed by atoms with Crippen molar-refractivity contribution in [2.75, 3.05) is 11.1 Å². The van der Waals surface area contributed by atoms with Crippen molar-refractivity contribution in [3.63, 3.8) is 0 Å². The fourth-order valence-corrected chi connectivity index (χ4v) is 5.20. The average molecular weight is 429 g/mol. The Bertz CT molecular complexity index is 991. The Morgan fingerprint density at radius 1 is 1.21 bits per heavy atom. The second-order valence-electron chi connectivity index (χ2n) is 7.16. The van der Waals surface area contributed by atoms with E-state index in [9.17, 15) is 4.79 Å². The van der Waals surface area contributed by atoms with Crippen LogP contribution in [0, 0.1) is 6.92 Å². The van der Waals surface area contributed by atoms with E-state index >= 15 is 0 Å². The highest BCUT2D eigenvalue weighted by atomic mass is 32.2. The summed E-state index contributed by atoms with van der Waals surface area (Å²) < 4.78 is 2.14. The molecule has 0 aliphatic rings. The zero-order valence-electron chi connectivity index (χ0n) is 17.7. The molecule has 0 radical (unpaired) electrons. The van der Waals surface area contributed by atoms with Crippen LogP contribution in [-0.2, 0) is 17.6 Å². The van der Waals surface area contributed by atoms with Crippen LogP contribution in [-0.4, -0.2) is 26.4 Å². The highest BCUT2D eigenvalue weighted by Gasteiger charge is 2.21. The van der Waals surface area contributed by atoms with Gasteiger partial charge in [-0.25, -0.2) is 0 Å². The SMILES string of the molecule is CCc1ccccc1NC(=O)CSc1nnc(-c2csc(C)c2CC)n1C(C)C. The van der Waals surface area contributed by atoms with Gasteiger partial charge in [-0.15, -0.1) is 21.5 Å². The molecule has 0 unspecified atom stereocenters. The van der Waals surface area contributed by atoms with Crippen LogP contribution in [0.2, 0.25) is 0 Å². The third kappa shape index (κ3) is 4.73.